The van der Waals surface area contributed by atoms with E-state index in [1.807, 2.05) is 0 Å². The van der Waals surface area contributed by atoms with Gasteiger partial charge >= 0.3 is 5.97 Å². The molecular formula is C8H16N2O2S. The van der Waals surface area contributed by atoms with Crippen molar-refractivity contribution in [3.63, 3.8) is 0 Å². The maximum atomic E-state index is 10.6. The molecule has 0 amide bonds. The van der Waals surface area contributed by atoms with Crippen LogP contribution in [0.5, 0.6) is 0 Å². The van der Waals surface area contributed by atoms with Crippen molar-refractivity contribution in [2.45, 2.75) is 17.6 Å². The molecular weight excluding hydrogens is 188 g/mol. The Kier molecular flexibility index (Phi) is 4.02. The summed E-state index contributed by atoms with van der Waals surface area (Å²) < 4.78 is -0.0546. The number of rotatable bonds is 6. The van der Waals surface area contributed by atoms with Crippen LogP contribution in [0.3, 0.4) is 0 Å². The quantitative estimate of drug-likeness (QED) is 0.526. The lowest BCUT2D eigenvalue weighted by atomic mass is 9.98. The molecule has 4 N–H and O–H groups in total. The van der Waals surface area contributed by atoms with Crippen LogP contribution in [0.4, 0.5) is 0 Å². The Hall–Kier alpha value is -0.260. The number of hydrogen-bond acceptors (Lipinski definition) is 4. The van der Waals surface area contributed by atoms with Crippen LogP contribution in [0.1, 0.15) is 12.8 Å². The third-order valence-corrected chi connectivity index (χ3v) is 3.66. The lowest BCUT2D eigenvalue weighted by Gasteiger charge is -2.41. The van der Waals surface area contributed by atoms with Crippen LogP contribution in [0.2, 0.25) is 0 Å². The average Bonchev–Trinajstić information content (AvgIpc) is 1.99. The zero-order valence-electron chi connectivity index (χ0n) is 7.58. The number of aliphatic carboxylic acids is 1. The second-order valence-electron chi connectivity index (χ2n) is 3.35. The summed E-state index contributed by atoms with van der Waals surface area (Å²) in [6.07, 6.45) is 1.22. The van der Waals surface area contributed by atoms with E-state index in [-0.39, 0.29) is 11.2 Å². The SMILES string of the molecule is NCCCSC1(CC(=O)O)CNC1. The fraction of sp³-hybridized carbons (Fsp3) is 0.875. The summed E-state index contributed by atoms with van der Waals surface area (Å²) in [6.45, 7) is 2.31. The van der Waals surface area contributed by atoms with Crippen molar-refractivity contribution in [3.05, 3.63) is 0 Å². The maximum absolute atomic E-state index is 10.6. The highest BCUT2D eigenvalue weighted by Crippen LogP contribution is 2.33. The molecule has 1 aliphatic heterocycles. The molecule has 13 heavy (non-hydrogen) atoms. The molecule has 0 spiro atoms. The molecule has 0 saturated carbocycles. The molecule has 0 bridgehead atoms. The van der Waals surface area contributed by atoms with Crippen molar-refractivity contribution < 1.29 is 9.90 Å². The zero-order valence-corrected chi connectivity index (χ0v) is 8.40. The molecule has 5 heteroatoms. The molecule has 0 aromatic heterocycles. The molecule has 0 aromatic carbocycles. The minimum absolute atomic E-state index is 0.0546. The van der Waals surface area contributed by atoms with Crippen LogP contribution in [-0.2, 0) is 4.79 Å². The van der Waals surface area contributed by atoms with Crippen LogP contribution in [0, 0.1) is 0 Å². The van der Waals surface area contributed by atoms with Crippen molar-refractivity contribution in [2.75, 3.05) is 25.4 Å². The first-order chi connectivity index (χ1) is 6.18. The summed E-state index contributed by atoms with van der Waals surface area (Å²) in [5.41, 5.74) is 5.37. The van der Waals surface area contributed by atoms with E-state index in [0.717, 1.165) is 25.3 Å². The smallest absolute Gasteiger partial charge is 0.304 e. The fourth-order valence-electron chi connectivity index (χ4n) is 1.33. The lowest BCUT2D eigenvalue weighted by Crippen LogP contribution is -2.58. The number of carboxylic acid groups (broad SMARTS) is 1. The Labute approximate surface area is 82.3 Å². The first kappa shape index (κ1) is 10.8. The second-order valence-corrected chi connectivity index (χ2v) is 4.91. The van der Waals surface area contributed by atoms with Crippen LogP contribution in [0.25, 0.3) is 0 Å². The molecule has 1 fully saturated rings. The molecule has 0 unspecified atom stereocenters. The summed E-state index contributed by atoms with van der Waals surface area (Å²) in [4.78, 5) is 10.6. The minimum atomic E-state index is -0.707. The zero-order chi connectivity index (χ0) is 9.73. The first-order valence-electron chi connectivity index (χ1n) is 4.45. The molecule has 1 aliphatic rings. The van der Waals surface area contributed by atoms with Gasteiger partial charge < -0.3 is 16.2 Å². The van der Waals surface area contributed by atoms with E-state index in [9.17, 15) is 4.79 Å². The highest BCUT2D eigenvalue weighted by atomic mass is 32.2. The van der Waals surface area contributed by atoms with Gasteiger partial charge in [0.1, 0.15) is 0 Å². The van der Waals surface area contributed by atoms with E-state index in [1.54, 1.807) is 11.8 Å². The van der Waals surface area contributed by atoms with E-state index in [0.29, 0.717) is 6.54 Å². The highest BCUT2D eigenvalue weighted by molar-refractivity contribution is 8.00. The van der Waals surface area contributed by atoms with Crippen LogP contribution in [0.15, 0.2) is 0 Å². The third kappa shape index (κ3) is 3.17. The van der Waals surface area contributed by atoms with Crippen molar-refractivity contribution in [1.29, 1.82) is 0 Å². The van der Waals surface area contributed by atoms with Gasteiger partial charge in [-0.1, -0.05) is 0 Å². The Morgan fingerprint density at radius 2 is 2.31 bits per heavy atom. The predicted molar refractivity (Wildman–Crippen MR) is 54.0 cm³/mol. The predicted octanol–water partition coefficient (Wildman–Crippen LogP) is -0.115. The van der Waals surface area contributed by atoms with Gasteiger partial charge in [0, 0.05) is 13.1 Å². The van der Waals surface area contributed by atoms with Gasteiger partial charge in [-0.15, -0.1) is 0 Å². The summed E-state index contributed by atoms with van der Waals surface area (Å²) in [7, 11) is 0. The first-order valence-corrected chi connectivity index (χ1v) is 5.44. The maximum Gasteiger partial charge on any atom is 0.304 e. The van der Waals surface area contributed by atoms with Crippen LogP contribution in [-0.4, -0.2) is 41.2 Å². The topological polar surface area (TPSA) is 75.4 Å². The summed E-state index contributed by atoms with van der Waals surface area (Å²) >= 11 is 1.74. The molecule has 1 rings (SSSR count). The van der Waals surface area contributed by atoms with E-state index < -0.39 is 5.97 Å². The molecule has 76 valence electrons. The lowest BCUT2D eigenvalue weighted by molar-refractivity contribution is -0.137. The Bertz CT molecular complexity index is 183. The van der Waals surface area contributed by atoms with Gasteiger partial charge in [-0.2, -0.15) is 11.8 Å². The van der Waals surface area contributed by atoms with E-state index in [1.165, 1.54) is 0 Å². The van der Waals surface area contributed by atoms with Crippen molar-refractivity contribution in [3.8, 4) is 0 Å². The van der Waals surface area contributed by atoms with Crippen LogP contribution >= 0.6 is 11.8 Å². The Balaban J connectivity index is 2.27. The number of carboxylic acids is 1. The molecule has 0 aromatic rings. The monoisotopic (exact) mass is 204 g/mol. The summed E-state index contributed by atoms with van der Waals surface area (Å²) in [5.74, 6) is 0.257. The van der Waals surface area contributed by atoms with E-state index in [4.69, 9.17) is 10.8 Å². The molecule has 4 nitrogen and oxygen atoms in total. The molecule has 1 heterocycles. The number of carbonyl (C=O) groups is 1. The fourth-order valence-corrected chi connectivity index (χ4v) is 2.71. The second kappa shape index (κ2) is 4.83. The summed E-state index contributed by atoms with van der Waals surface area (Å²) in [5, 5.41) is 11.8. The number of nitrogens with two attached hydrogens (primary N) is 1. The van der Waals surface area contributed by atoms with Gasteiger partial charge in [0.05, 0.1) is 11.2 Å². The van der Waals surface area contributed by atoms with Crippen LogP contribution < -0.4 is 11.1 Å². The average molecular weight is 204 g/mol. The van der Waals surface area contributed by atoms with E-state index >= 15 is 0 Å². The largest absolute Gasteiger partial charge is 0.481 e. The highest BCUT2D eigenvalue weighted by Gasteiger charge is 2.39. The van der Waals surface area contributed by atoms with Gasteiger partial charge in [0.2, 0.25) is 0 Å². The molecule has 1 saturated heterocycles. The third-order valence-electron chi connectivity index (χ3n) is 2.12. The minimum Gasteiger partial charge on any atom is -0.481 e. The van der Waals surface area contributed by atoms with Crippen molar-refractivity contribution >= 4 is 17.7 Å². The normalized spacial score (nSPS) is 19.5. The summed E-state index contributed by atoms with van der Waals surface area (Å²) in [6, 6.07) is 0. The number of thioether (sulfide) groups is 1. The Morgan fingerprint density at radius 3 is 2.69 bits per heavy atom. The number of nitrogens with one attached hydrogen (secondary N) is 1. The van der Waals surface area contributed by atoms with E-state index in [2.05, 4.69) is 5.32 Å². The molecule has 0 atom stereocenters. The van der Waals surface area contributed by atoms with Gasteiger partial charge in [-0.25, -0.2) is 0 Å². The van der Waals surface area contributed by atoms with Crippen molar-refractivity contribution in [1.82, 2.24) is 5.32 Å². The molecule has 0 aliphatic carbocycles. The molecule has 0 radical (unpaired) electrons. The standard InChI is InChI=1S/C8H16N2O2S/c9-2-1-3-13-8(4-7(11)12)5-10-6-8/h10H,1-6,9H2,(H,11,12). The van der Waals surface area contributed by atoms with Gasteiger partial charge in [-0.05, 0) is 18.7 Å². The number of hydrogen-bond donors (Lipinski definition) is 3. The van der Waals surface area contributed by atoms with Gasteiger partial charge in [0.15, 0.2) is 0 Å². The Morgan fingerprint density at radius 1 is 1.62 bits per heavy atom. The van der Waals surface area contributed by atoms with Gasteiger partial charge in [-0.3, -0.25) is 4.79 Å². The van der Waals surface area contributed by atoms with Gasteiger partial charge in [0.25, 0.3) is 0 Å². The van der Waals surface area contributed by atoms with Crippen molar-refractivity contribution in [2.24, 2.45) is 5.73 Å².